The Morgan fingerprint density at radius 3 is 2.70 bits per heavy atom. The van der Waals surface area contributed by atoms with Crippen LogP contribution >= 0.6 is 0 Å². The van der Waals surface area contributed by atoms with Crippen LogP contribution in [0.2, 0.25) is 0 Å². The Morgan fingerprint density at radius 2 is 2.15 bits per heavy atom. The molecule has 0 spiro atoms. The number of aliphatic carboxylic acids is 1. The number of likely N-dealkylation sites (tertiary alicyclic amines) is 1. The molecule has 0 radical (unpaired) electrons. The van der Waals surface area contributed by atoms with Crippen LogP contribution in [0.15, 0.2) is 18.2 Å². The van der Waals surface area contributed by atoms with Crippen molar-refractivity contribution in [2.24, 2.45) is 5.41 Å². The lowest BCUT2D eigenvalue weighted by atomic mass is 9.80. The zero-order valence-corrected chi connectivity index (χ0v) is 11.4. The van der Waals surface area contributed by atoms with Crippen molar-refractivity contribution in [3.8, 4) is 6.07 Å². The molecule has 5 heteroatoms. The first-order valence-corrected chi connectivity index (χ1v) is 6.59. The first kappa shape index (κ1) is 14.5. The Hall–Kier alpha value is -1.93. The molecule has 1 aliphatic heterocycles. The van der Waals surface area contributed by atoms with Gasteiger partial charge in [-0.1, -0.05) is 0 Å². The summed E-state index contributed by atoms with van der Waals surface area (Å²) >= 11 is 0. The fraction of sp³-hybridized carbons (Fsp3) is 0.467. The molecule has 0 aromatic heterocycles. The van der Waals surface area contributed by atoms with Crippen molar-refractivity contribution in [3.63, 3.8) is 0 Å². The molecule has 1 heterocycles. The molecule has 0 aliphatic carbocycles. The van der Waals surface area contributed by atoms with Crippen molar-refractivity contribution in [1.82, 2.24) is 4.90 Å². The number of hydrogen-bond donors (Lipinski definition) is 1. The highest BCUT2D eigenvalue weighted by molar-refractivity contribution is 5.74. The third kappa shape index (κ3) is 2.97. The van der Waals surface area contributed by atoms with Gasteiger partial charge in [0.2, 0.25) is 0 Å². The van der Waals surface area contributed by atoms with E-state index in [4.69, 9.17) is 5.26 Å². The van der Waals surface area contributed by atoms with Crippen molar-refractivity contribution >= 4 is 5.97 Å². The zero-order valence-electron chi connectivity index (χ0n) is 11.4. The summed E-state index contributed by atoms with van der Waals surface area (Å²) in [7, 11) is 0. The lowest BCUT2D eigenvalue weighted by Crippen LogP contribution is -2.42. The van der Waals surface area contributed by atoms with E-state index in [1.54, 1.807) is 6.92 Å². The predicted molar refractivity (Wildman–Crippen MR) is 71.4 cm³/mol. The summed E-state index contributed by atoms with van der Waals surface area (Å²) in [5.41, 5.74) is 0.459. The van der Waals surface area contributed by atoms with E-state index in [0.717, 1.165) is 0 Å². The topological polar surface area (TPSA) is 64.3 Å². The lowest BCUT2D eigenvalue weighted by Gasteiger charge is -2.36. The van der Waals surface area contributed by atoms with Crippen LogP contribution in [0.3, 0.4) is 0 Å². The van der Waals surface area contributed by atoms with Gasteiger partial charge in [0.1, 0.15) is 5.82 Å². The fourth-order valence-electron chi connectivity index (χ4n) is 2.46. The SMILES string of the molecule is CC1(C(=O)O)CCN(Cc2cc(F)ccc2C#N)CC1. The number of nitriles is 1. The monoisotopic (exact) mass is 276 g/mol. The third-order valence-corrected chi connectivity index (χ3v) is 4.06. The molecule has 1 N–H and O–H groups in total. The number of carboxylic acids is 1. The number of nitrogens with zero attached hydrogens (tertiary/aromatic N) is 2. The quantitative estimate of drug-likeness (QED) is 0.920. The Kier molecular flexibility index (Phi) is 4.05. The van der Waals surface area contributed by atoms with Crippen molar-refractivity contribution < 1.29 is 14.3 Å². The second-order valence-corrected chi connectivity index (χ2v) is 5.56. The fourth-order valence-corrected chi connectivity index (χ4v) is 2.46. The molecule has 1 aromatic carbocycles. The van der Waals surface area contributed by atoms with E-state index in [-0.39, 0.29) is 5.82 Å². The largest absolute Gasteiger partial charge is 0.481 e. The number of carboxylic acid groups (broad SMARTS) is 1. The number of carbonyl (C=O) groups is 1. The van der Waals surface area contributed by atoms with Crippen molar-refractivity contribution in [2.75, 3.05) is 13.1 Å². The maximum atomic E-state index is 13.3. The van der Waals surface area contributed by atoms with Gasteiger partial charge in [-0.2, -0.15) is 5.26 Å². The summed E-state index contributed by atoms with van der Waals surface area (Å²) < 4.78 is 13.3. The molecule has 0 atom stereocenters. The molecule has 0 unspecified atom stereocenters. The van der Waals surface area contributed by atoms with Gasteiger partial charge in [0.05, 0.1) is 17.0 Å². The molecule has 20 heavy (non-hydrogen) atoms. The highest BCUT2D eigenvalue weighted by Gasteiger charge is 2.36. The number of piperidine rings is 1. The minimum atomic E-state index is -0.763. The van der Waals surface area contributed by atoms with Crippen LogP contribution in [0.5, 0.6) is 0 Å². The van der Waals surface area contributed by atoms with Crippen molar-refractivity contribution in [3.05, 3.63) is 35.1 Å². The smallest absolute Gasteiger partial charge is 0.309 e. The van der Waals surface area contributed by atoms with Gasteiger partial charge >= 0.3 is 5.97 Å². The molecule has 1 aliphatic rings. The standard InChI is InChI=1S/C15H17FN2O2/c1-15(14(19)20)4-6-18(7-5-15)10-12-8-13(16)3-2-11(12)9-17/h2-3,8H,4-7,10H2,1H3,(H,19,20). The summed E-state index contributed by atoms with van der Waals surface area (Å²) in [5.74, 6) is -1.12. The number of benzene rings is 1. The molecule has 2 rings (SSSR count). The Bertz CT molecular complexity index is 557. The van der Waals surface area contributed by atoms with Crippen LogP contribution in [-0.2, 0) is 11.3 Å². The summed E-state index contributed by atoms with van der Waals surface area (Å²) in [6, 6.07) is 6.20. The number of rotatable bonds is 3. The van der Waals surface area contributed by atoms with Crippen molar-refractivity contribution in [1.29, 1.82) is 5.26 Å². The molecule has 0 saturated carbocycles. The first-order chi connectivity index (χ1) is 9.44. The van der Waals surface area contributed by atoms with Crippen LogP contribution in [0, 0.1) is 22.6 Å². The molecule has 1 fully saturated rings. The first-order valence-electron chi connectivity index (χ1n) is 6.59. The molecule has 0 bridgehead atoms. The highest BCUT2D eigenvalue weighted by atomic mass is 19.1. The number of halogens is 1. The van der Waals surface area contributed by atoms with Gasteiger partial charge in [-0.25, -0.2) is 4.39 Å². The van der Waals surface area contributed by atoms with Gasteiger partial charge in [0.15, 0.2) is 0 Å². The van der Waals surface area contributed by atoms with E-state index >= 15 is 0 Å². The summed E-state index contributed by atoms with van der Waals surface area (Å²) in [6.45, 7) is 3.53. The van der Waals surface area contributed by atoms with E-state index in [2.05, 4.69) is 11.0 Å². The average molecular weight is 276 g/mol. The second-order valence-electron chi connectivity index (χ2n) is 5.56. The molecule has 4 nitrogen and oxygen atoms in total. The van der Waals surface area contributed by atoms with Crippen LogP contribution in [0.25, 0.3) is 0 Å². The van der Waals surface area contributed by atoms with E-state index < -0.39 is 11.4 Å². The van der Waals surface area contributed by atoms with E-state index in [0.29, 0.717) is 43.6 Å². The van der Waals surface area contributed by atoms with Gasteiger partial charge < -0.3 is 5.11 Å². The Labute approximate surface area is 117 Å². The normalized spacial score (nSPS) is 18.4. The van der Waals surface area contributed by atoms with Gasteiger partial charge in [-0.05, 0) is 56.6 Å². The number of hydrogen-bond acceptors (Lipinski definition) is 3. The van der Waals surface area contributed by atoms with E-state index in [1.165, 1.54) is 18.2 Å². The third-order valence-electron chi connectivity index (χ3n) is 4.06. The molecular formula is C15H17FN2O2. The minimum Gasteiger partial charge on any atom is -0.481 e. The predicted octanol–water partition coefficient (Wildman–Crippen LogP) is 2.38. The van der Waals surface area contributed by atoms with Crippen LogP contribution in [0.1, 0.15) is 30.9 Å². The molecule has 0 amide bonds. The maximum absolute atomic E-state index is 13.3. The van der Waals surface area contributed by atoms with Gasteiger partial charge in [0.25, 0.3) is 0 Å². The zero-order chi connectivity index (χ0) is 14.8. The second kappa shape index (κ2) is 5.59. The summed E-state index contributed by atoms with van der Waals surface area (Å²) in [6.07, 6.45) is 1.14. The van der Waals surface area contributed by atoms with Crippen molar-refractivity contribution in [2.45, 2.75) is 26.3 Å². The van der Waals surface area contributed by atoms with Gasteiger partial charge in [-0.15, -0.1) is 0 Å². The van der Waals surface area contributed by atoms with Crippen LogP contribution in [0.4, 0.5) is 4.39 Å². The summed E-state index contributed by atoms with van der Waals surface area (Å²) in [5, 5.41) is 18.2. The average Bonchev–Trinajstić information content (AvgIpc) is 2.42. The van der Waals surface area contributed by atoms with Gasteiger partial charge in [0, 0.05) is 6.54 Å². The highest BCUT2D eigenvalue weighted by Crippen LogP contribution is 2.31. The maximum Gasteiger partial charge on any atom is 0.309 e. The molecule has 1 aromatic rings. The van der Waals surface area contributed by atoms with Gasteiger partial charge in [-0.3, -0.25) is 9.69 Å². The van der Waals surface area contributed by atoms with Crippen LogP contribution < -0.4 is 0 Å². The van der Waals surface area contributed by atoms with E-state index in [1.807, 2.05) is 0 Å². The minimum absolute atomic E-state index is 0.355. The molecule has 106 valence electrons. The van der Waals surface area contributed by atoms with E-state index in [9.17, 15) is 14.3 Å². The Balaban J connectivity index is 2.05. The summed E-state index contributed by atoms with van der Waals surface area (Å²) in [4.78, 5) is 13.2. The van der Waals surface area contributed by atoms with Crippen LogP contribution in [-0.4, -0.2) is 29.1 Å². The lowest BCUT2D eigenvalue weighted by molar-refractivity contribution is -0.150. The molecular weight excluding hydrogens is 259 g/mol. The molecule has 1 saturated heterocycles. The Morgan fingerprint density at radius 1 is 1.50 bits per heavy atom.